The molecular formula is C25H36N6S. The molecule has 4 rings (SSSR count). The van der Waals surface area contributed by atoms with Crippen LogP contribution < -0.4 is 20.4 Å². The number of piperidine rings is 2. The van der Waals surface area contributed by atoms with Gasteiger partial charge >= 0.3 is 0 Å². The van der Waals surface area contributed by atoms with Crippen molar-refractivity contribution in [3.8, 4) is 0 Å². The van der Waals surface area contributed by atoms with E-state index in [4.69, 9.17) is 22.2 Å². The Morgan fingerprint density at radius 2 is 1.72 bits per heavy atom. The molecular weight excluding hydrogens is 416 g/mol. The molecule has 172 valence electrons. The molecule has 1 atom stereocenters. The third kappa shape index (κ3) is 5.88. The molecule has 2 N–H and O–H groups in total. The molecule has 2 aliphatic rings. The minimum absolute atomic E-state index is 0.493. The van der Waals surface area contributed by atoms with Crippen LogP contribution in [0.5, 0.6) is 0 Å². The van der Waals surface area contributed by atoms with Gasteiger partial charge in [0.05, 0.1) is 0 Å². The van der Waals surface area contributed by atoms with Crippen LogP contribution in [0.2, 0.25) is 0 Å². The van der Waals surface area contributed by atoms with Crippen LogP contribution in [0.15, 0.2) is 30.3 Å². The molecule has 3 heterocycles. The first-order chi connectivity index (χ1) is 15.5. The van der Waals surface area contributed by atoms with E-state index in [0.29, 0.717) is 23.6 Å². The molecule has 0 radical (unpaired) electrons. The largest absolute Gasteiger partial charge is 0.358 e. The van der Waals surface area contributed by atoms with Crippen molar-refractivity contribution in [2.24, 2.45) is 5.92 Å². The molecule has 2 fully saturated rings. The van der Waals surface area contributed by atoms with Gasteiger partial charge in [-0.05, 0) is 69.7 Å². The summed E-state index contributed by atoms with van der Waals surface area (Å²) in [5.41, 5.74) is 2.45. The first-order valence-corrected chi connectivity index (χ1v) is 12.4. The number of rotatable bonds is 5. The van der Waals surface area contributed by atoms with E-state index in [9.17, 15) is 0 Å². The van der Waals surface area contributed by atoms with Crippen molar-refractivity contribution in [1.29, 1.82) is 0 Å². The van der Waals surface area contributed by atoms with Crippen LogP contribution in [0.25, 0.3) is 0 Å². The standard InChI is InChI=1S/C25H36N6S/c1-18-7-9-21(10-8-18)17-26-25(32)29-24-27-22(30-14-11-19(2)12-15-30)16-23(28-24)31-13-5-4-6-20(31)3/h7-10,16,19-20H,4-6,11-15,17H2,1-3H3,(H2,26,27,28,29,32)/t20-/m1/s1. The second kappa shape index (κ2) is 10.5. The van der Waals surface area contributed by atoms with Gasteiger partial charge in [-0.15, -0.1) is 0 Å². The highest BCUT2D eigenvalue weighted by Crippen LogP contribution is 2.29. The number of anilines is 3. The molecule has 0 amide bonds. The Morgan fingerprint density at radius 1 is 1.00 bits per heavy atom. The minimum atomic E-state index is 0.493. The highest BCUT2D eigenvalue weighted by Gasteiger charge is 2.24. The van der Waals surface area contributed by atoms with Crippen LogP contribution in [-0.4, -0.2) is 40.8 Å². The fourth-order valence-electron chi connectivity index (χ4n) is 4.50. The summed E-state index contributed by atoms with van der Waals surface area (Å²) in [6, 6.07) is 11.1. The molecule has 0 saturated carbocycles. The third-order valence-corrected chi connectivity index (χ3v) is 6.95. The Kier molecular flexibility index (Phi) is 7.45. The van der Waals surface area contributed by atoms with Gasteiger partial charge in [-0.1, -0.05) is 36.8 Å². The molecule has 7 heteroatoms. The van der Waals surface area contributed by atoms with Gasteiger partial charge in [-0.25, -0.2) is 0 Å². The lowest BCUT2D eigenvalue weighted by Gasteiger charge is -2.36. The molecule has 2 saturated heterocycles. The van der Waals surface area contributed by atoms with Gasteiger partial charge in [-0.2, -0.15) is 9.97 Å². The van der Waals surface area contributed by atoms with E-state index in [-0.39, 0.29) is 0 Å². The van der Waals surface area contributed by atoms with Crippen molar-refractivity contribution in [3.05, 3.63) is 41.5 Å². The van der Waals surface area contributed by atoms with Crippen LogP contribution in [0, 0.1) is 12.8 Å². The lowest BCUT2D eigenvalue weighted by Crippen LogP contribution is -2.39. The quantitative estimate of drug-likeness (QED) is 0.627. The van der Waals surface area contributed by atoms with E-state index < -0.39 is 0 Å². The fourth-order valence-corrected chi connectivity index (χ4v) is 4.66. The smallest absolute Gasteiger partial charge is 0.232 e. The predicted octanol–water partition coefficient (Wildman–Crippen LogP) is 4.89. The molecule has 2 aromatic rings. The van der Waals surface area contributed by atoms with Crippen molar-refractivity contribution in [2.75, 3.05) is 34.8 Å². The van der Waals surface area contributed by atoms with Gasteiger partial charge in [0, 0.05) is 38.3 Å². The van der Waals surface area contributed by atoms with Crippen LogP contribution >= 0.6 is 12.2 Å². The molecule has 2 aliphatic heterocycles. The first-order valence-electron chi connectivity index (χ1n) is 12.0. The van der Waals surface area contributed by atoms with E-state index >= 15 is 0 Å². The van der Waals surface area contributed by atoms with Gasteiger partial charge in [0.1, 0.15) is 11.6 Å². The summed E-state index contributed by atoms with van der Waals surface area (Å²) >= 11 is 5.57. The van der Waals surface area contributed by atoms with Crippen LogP contribution in [0.1, 0.15) is 57.1 Å². The van der Waals surface area contributed by atoms with E-state index in [0.717, 1.165) is 37.2 Å². The number of nitrogens with one attached hydrogen (secondary N) is 2. The van der Waals surface area contributed by atoms with Crippen molar-refractivity contribution in [3.63, 3.8) is 0 Å². The van der Waals surface area contributed by atoms with Crippen molar-refractivity contribution >= 4 is 34.9 Å². The maximum atomic E-state index is 5.57. The SMILES string of the molecule is Cc1ccc(CNC(=S)Nc2nc(N3CCC(C)CC3)cc(N3CCCC[C@H]3C)n2)cc1. The van der Waals surface area contributed by atoms with Gasteiger partial charge < -0.3 is 20.4 Å². The second-order valence-corrected chi connectivity index (χ2v) is 9.82. The zero-order chi connectivity index (χ0) is 22.5. The maximum absolute atomic E-state index is 5.57. The van der Waals surface area contributed by atoms with Crippen LogP contribution in [0.3, 0.4) is 0 Å². The number of hydrogen-bond acceptors (Lipinski definition) is 5. The Labute approximate surface area is 197 Å². The van der Waals surface area contributed by atoms with E-state index in [1.807, 2.05) is 0 Å². The zero-order valence-electron chi connectivity index (χ0n) is 19.6. The number of nitrogens with zero attached hydrogens (tertiary/aromatic N) is 4. The maximum Gasteiger partial charge on any atom is 0.232 e. The summed E-state index contributed by atoms with van der Waals surface area (Å²) in [6.07, 6.45) is 6.12. The number of thiocarbonyl (C=S) groups is 1. The average molecular weight is 453 g/mol. The van der Waals surface area contributed by atoms with Crippen molar-refractivity contribution in [2.45, 2.75) is 65.5 Å². The van der Waals surface area contributed by atoms with Gasteiger partial charge in [0.25, 0.3) is 0 Å². The monoisotopic (exact) mass is 452 g/mol. The van der Waals surface area contributed by atoms with Crippen LogP contribution in [0.4, 0.5) is 17.6 Å². The Balaban J connectivity index is 1.50. The molecule has 0 bridgehead atoms. The van der Waals surface area contributed by atoms with Gasteiger partial charge in [0.2, 0.25) is 5.95 Å². The first kappa shape index (κ1) is 22.8. The molecule has 0 spiro atoms. The Bertz CT molecular complexity index is 907. The molecule has 0 unspecified atom stereocenters. The number of hydrogen-bond donors (Lipinski definition) is 2. The summed E-state index contributed by atoms with van der Waals surface area (Å²) in [7, 11) is 0. The van der Waals surface area contributed by atoms with Gasteiger partial charge in [0.15, 0.2) is 5.11 Å². The Morgan fingerprint density at radius 3 is 2.44 bits per heavy atom. The number of benzene rings is 1. The zero-order valence-corrected chi connectivity index (χ0v) is 20.4. The third-order valence-electron chi connectivity index (χ3n) is 6.70. The summed E-state index contributed by atoms with van der Waals surface area (Å²) in [4.78, 5) is 14.6. The summed E-state index contributed by atoms with van der Waals surface area (Å²) in [5.74, 6) is 3.37. The Hall–Kier alpha value is -2.41. The van der Waals surface area contributed by atoms with Gasteiger partial charge in [-0.3, -0.25) is 0 Å². The molecule has 1 aromatic heterocycles. The lowest BCUT2D eigenvalue weighted by atomic mass is 9.99. The molecule has 1 aromatic carbocycles. The fraction of sp³-hybridized carbons (Fsp3) is 0.560. The lowest BCUT2D eigenvalue weighted by molar-refractivity contribution is 0.436. The topological polar surface area (TPSA) is 56.3 Å². The summed E-state index contributed by atoms with van der Waals surface area (Å²) in [5, 5.41) is 7.09. The molecule has 6 nitrogen and oxygen atoms in total. The summed E-state index contributed by atoms with van der Waals surface area (Å²) in [6.45, 7) is 10.5. The number of aromatic nitrogens is 2. The average Bonchev–Trinajstić information content (AvgIpc) is 2.79. The van der Waals surface area contributed by atoms with Crippen molar-refractivity contribution < 1.29 is 0 Å². The molecule has 32 heavy (non-hydrogen) atoms. The minimum Gasteiger partial charge on any atom is -0.358 e. The normalized spacial score (nSPS) is 19.7. The van der Waals surface area contributed by atoms with E-state index in [2.05, 4.69) is 71.5 Å². The molecule has 0 aliphatic carbocycles. The highest BCUT2D eigenvalue weighted by molar-refractivity contribution is 7.80. The van der Waals surface area contributed by atoms with Crippen molar-refractivity contribution in [1.82, 2.24) is 15.3 Å². The highest BCUT2D eigenvalue weighted by atomic mass is 32.1. The van der Waals surface area contributed by atoms with E-state index in [1.165, 1.54) is 43.2 Å². The van der Waals surface area contributed by atoms with E-state index in [1.54, 1.807) is 0 Å². The predicted molar refractivity (Wildman–Crippen MR) is 138 cm³/mol. The van der Waals surface area contributed by atoms with Crippen LogP contribution in [-0.2, 0) is 6.54 Å². The summed E-state index contributed by atoms with van der Waals surface area (Å²) < 4.78 is 0. The second-order valence-electron chi connectivity index (χ2n) is 9.41. The number of aryl methyl sites for hydroxylation is 1.